The zero-order valence-corrected chi connectivity index (χ0v) is 13.0. The minimum absolute atomic E-state index is 0.309. The summed E-state index contributed by atoms with van der Waals surface area (Å²) in [6.45, 7) is 10.9. The first-order valence-corrected chi connectivity index (χ1v) is 8.21. The molecule has 3 fully saturated rings. The fourth-order valence-corrected chi connectivity index (χ4v) is 4.40. The van der Waals surface area contributed by atoms with Crippen molar-refractivity contribution >= 4 is 0 Å². The molecule has 110 valence electrons. The number of nitrogens with one attached hydrogen (secondary N) is 1. The maximum atomic E-state index is 3.91. The molecule has 1 aliphatic heterocycles. The SMILES string of the molecule is CN1CCN(C(C)(C)CNC2CC3CCC2C3)CC1. The molecule has 0 spiro atoms. The van der Waals surface area contributed by atoms with Crippen LogP contribution in [-0.4, -0.2) is 61.2 Å². The molecule has 2 saturated carbocycles. The van der Waals surface area contributed by atoms with Gasteiger partial charge in [-0.2, -0.15) is 0 Å². The summed E-state index contributed by atoms with van der Waals surface area (Å²) in [5.41, 5.74) is 0.309. The lowest BCUT2D eigenvalue weighted by Gasteiger charge is -2.44. The van der Waals surface area contributed by atoms with Crippen molar-refractivity contribution in [2.24, 2.45) is 11.8 Å². The molecule has 2 aliphatic carbocycles. The van der Waals surface area contributed by atoms with Crippen molar-refractivity contribution < 1.29 is 0 Å². The Bertz CT molecular complexity index is 307. The van der Waals surface area contributed by atoms with Gasteiger partial charge in [0.15, 0.2) is 0 Å². The lowest BCUT2D eigenvalue weighted by molar-refractivity contribution is 0.0587. The van der Waals surface area contributed by atoms with Crippen molar-refractivity contribution in [3.63, 3.8) is 0 Å². The van der Waals surface area contributed by atoms with E-state index in [4.69, 9.17) is 0 Å². The minimum atomic E-state index is 0.309. The second-order valence-electron chi connectivity index (χ2n) is 7.77. The third kappa shape index (κ3) is 2.98. The minimum Gasteiger partial charge on any atom is -0.312 e. The summed E-state index contributed by atoms with van der Waals surface area (Å²) in [6, 6.07) is 0.825. The van der Waals surface area contributed by atoms with Crippen LogP contribution in [0.15, 0.2) is 0 Å². The predicted octanol–water partition coefficient (Wildman–Crippen LogP) is 1.79. The number of rotatable bonds is 4. The monoisotopic (exact) mass is 265 g/mol. The Morgan fingerprint density at radius 2 is 1.79 bits per heavy atom. The standard InChI is InChI=1S/C16H31N3/c1-16(2,19-8-6-18(3)7-9-19)12-17-15-11-13-4-5-14(15)10-13/h13-15,17H,4-12H2,1-3H3. The summed E-state index contributed by atoms with van der Waals surface area (Å²) in [6.07, 6.45) is 5.94. The highest BCUT2D eigenvalue weighted by molar-refractivity contribution is 4.96. The fourth-order valence-electron chi connectivity index (χ4n) is 4.40. The van der Waals surface area contributed by atoms with E-state index in [0.717, 1.165) is 24.4 Å². The summed E-state index contributed by atoms with van der Waals surface area (Å²) < 4.78 is 0. The molecule has 0 aromatic carbocycles. The molecular formula is C16H31N3. The van der Waals surface area contributed by atoms with Gasteiger partial charge in [0.05, 0.1) is 0 Å². The molecule has 0 aromatic rings. The van der Waals surface area contributed by atoms with E-state index < -0.39 is 0 Å². The van der Waals surface area contributed by atoms with Gasteiger partial charge in [-0.15, -0.1) is 0 Å². The second-order valence-corrected chi connectivity index (χ2v) is 7.77. The van der Waals surface area contributed by atoms with Gasteiger partial charge in [0.2, 0.25) is 0 Å². The maximum Gasteiger partial charge on any atom is 0.0278 e. The van der Waals surface area contributed by atoms with E-state index in [1.807, 2.05) is 0 Å². The Kier molecular flexibility index (Phi) is 3.89. The van der Waals surface area contributed by atoms with Gasteiger partial charge < -0.3 is 10.2 Å². The van der Waals surface area contributed by atoms with Crippen molar-refractivity contribution in [2.45, 2.75) is 51.1 Å². The van der Waals surface area contributed by atoms with Crippen LogP contribution in [0.25, 0.3) is 0 Å². The number of likely N-dealkylation sites (N-methyl/N-ethyl adjacent to an activating group) is 1. The molecule has 3 unspecified atom stereocenters. The predicted molar refractivity (Wildman–Crippen MR) is 80.4 cm³/mol. The van der Waals surface area contributed by atoms with E-state index >= 15 is 0 Å². The molecule has 3 heteroatoms. The van der Waals surface area contributed by atoms with E-state index in [9.17, 15) is 0 Å². The smallest absolute Gasteiger partial charge is 0.0278 e. The van der Waals surface area contributed by atoms with E-state index in [2.05, 4.69) is 36.0 Å². The first-order valence-electron chi connectivity index (χ1n) is 8.21. The molecule has 19 heavy (non-hydrogen) atoms. The third-order valence-corrected chi connectivity index (χ3v) is 5.89. The van der Waals surface area contributed by atoms with Crippen molar-refractivity contribution in [1.29, 1.82) is 0 Å². The molecule has 1 saturated heterocycles. The first kappa shape index (κ1) is 13.8. The Morgan fingerprint density at radius 3 is 2.37 bits per heavy atom. The highest BCUT2D eigenvalue weighted by Gasteiger charge is 2.40. The molecule has 3 aliphatic rings. The number of piperazine rings is 1. The highest BCUT2D eigenvalue weighted by Crippen LogP contribution is 2.44. The highest BCUT2D eigenvalue weighted by atomic mass is 15.3. The van der Waals surface area contributed by atoms with Crippen molar-refractivity contribution in [1.82, 2.24) is 15.1 Å². The van der Waals surface area contributed by atoms with Crippen LogP contribution >= 0.6 is 0 Å². The Labute approximate surface area is 118 Å². The van der Waals surface area contributed by atoms with Crippen molar-refractivity contribution in [2.75, 3.05) is 39.8 Å². The average molecular weight is 265 g/mol. The van der Waals surface area contributed by atoms with Gasteiger partial charge in [-0.3, -0.25) is 4.90 Å². The summed E-state index contributed by atoms with van der Waals surface area (Å²) in [7, 11) is 2.23. The van der Waals surface area contributed by atoms with Crippen LogP contribution in [0.4, 0.5) is 0 Å². The van der Waals surface area contributed by atoms with Gasteiger partial charge >= 0.3 is 0 Å². The number of nitrogens with zero attached hydrogens (tertiary/aromatic N) is 2. The van der Waals surface area contributed by atoms with E-state index in [-0.39, 0.29) is 0 Å². The van der Waals surface area contributed by atoms with E-state index in [1.54, 1.807) is 0 Å². The molecule has 3 rings (SSSR count). The number of fused-ring (bicyclic) bond motifs is 2. The Balaban J connectivity index is 1.48. The van der Waals surface area contributed by atoms with Gasteiger partial charge in [0.25, 0.3) is 0 Å². The largest absolute Gasteiger partial charge is 0.312 e. The maximum absolute atomic E-state index is 3.91. The third-order valence-electron chi connectivity index (χ3n) is 5.89. The van der Waals surface area contributed by atoms with Crippen LogP contribution in [-0.2, 0) is 0 Å². The summed E-state index contributed by atoms with van der Waals surface area (Å²) in [4.78, 5) is 5.11. The van der Waals surface area contributed by atoms with Crippen LogP contribution in [0.3, 0.4) is 0 Å². The molecule has 0 aromatic heterocycles. The lowest BCUT2D eigenvalue weighted by Crippen LogP contribution is -2.58. The van der Waals surface area contributed by atoms with Crippen LogP contribution in [0.5, 0.6) is 0 Å². The molecule has 0 radical (unpaired) electrons. The molecule has 1 N–H and O–H groups in total. The molecule has 3 nitrogen and oxygen atoms in total. The molecule has 0 amide bonds. The number of hydrogen-bond acceptors (Lipinski definition) is 3. The Hall–Kier alpha value is -0.120. The summed E-state index contributed by atoms with van der Waals surface area (Å²) in [5, 5.41) is 3.91. The van der Waals surface area contributed by atoms with E-state index in [1.165, 1.54) is 51.9 Å². The molecule has 3 atom stereocenters. The second kappa shape index (κ2) is 5.34. The van der Waals surface area contributed by atoms with Crippen LogP contribution < -0.4 is 5.32 Å². The van der Waals surface area contributed by atoms with Gasteiger partial charge in [-0.1, -0.05) is 6.42 Å². The van der Waals surface area contributed by atoms with Gasteiger partial charge in [0, 0.05) is 44.3 Å². The summed E-state index contributed by atoms with van der Waals surface area (Å²) in [5.74, 6) is 2.04. The van der Waals surface area contributed by atoms with Crippen LogP contribution in [0, 0.1) is 11.8 Å². The van der Waals surface area contributed by atoms with Crippen molar-refractivity contribution in [3.05, 3.63) is 0 Å². The van der Waals surface area contributed by atoms with Gasteiger partial charge in [-0.05, 0) is 52.0 Å². The average Bonchev–Trinajstić information content (AvgIpc) is 2.99. The zero-order chi connectivity index (χ0) is 13.5. The summed E-state index contributed by atoms with van der Waals surface area (Å²) >= 11 is 0. The normalized spacial score (nSPS) is 37.1. The zero-order valence-electron chi connectivity index (χ0n) is 13.0. The van der Waals surface area contributed by atoms with Crippen LogP contribution in [0.1, 0.15) is 39.5 Å². The number of hydrogen-bond donors (Lipinski definition) is 1. The molecule has 2 bridgehead atoms. The first-order chi connectivity index (χ1) is 9.04. The Morgan fingerprint density at radius 1 is 1.05 bits per heavy atom. The van der Waals surface area contributed by atoms with Crippen molar-refractivity contribution in [3.8, 4) is 0 Å². The topological polar surface area (TPSA) is 18.5 Å². The fraction of sp³-hybridized carbons (Fsp3) is 1.00. The molecular weight excluding hydrogens is 234 g/mol. The van der Waals surface area contributed by atoms with Crippen LogP contribution in [0.2, 0.25) is 0 Å². The molecule has 1 heterocycles. The quantitative estimate of drug-likeness (QED) is 0.836. The van der Waals surface area contributed by atoms with E-state index in [0.29, 0.717) is 5.54 Å². The lowest BCUT2D eigenvalue weighted by atomic mass is 9.93. The van der Waals surface area contributed by atoms with Gasteiger partial charge in [-0.25, -0.2) is 0 Å². The van der Waals surface area contributed by atoms with Gasteiger partial charge in [0.1, 0.15) is 0 Å².